The highest BCUT2D eigenvalue weighted by Gasteiger charge is 2.23. The van der Waals surface area contributed by atoms with E-state index in [1.165, 1.54) is 6.07 Å². The molecular formula is C20H20F2N2O. The van der Waals surface area contributed by atoms with Crippen LogP contribution >= 0.6 is 0 Å². The van der Waals surface area contributed by atoms with Gasteiger partial charge in [0.1, 0.15) is 0 Å². The summed E-state index contributed by atoms with van der Waals surface area (Å²) in [4.78, 5) is 16.1. The Labute approximate surface area is 145 Å². The van der Waals surface area contributed by atoms with Crippen LogP contribution in [-0.4, -0.2) is 16.8 Å². The first kappa shape index (κ1) is 17.3. The van der Waals surface area contributed by atoms with Gasteiger partial charge in [0.25, 0.3) is 0 Å². The Balaban J connectivity index is 1.82. The van der Waals surface area contributed by atoms with Crippen molar-refractivity contribution < 1.29 is 13.6 Å². The number of benzene rings is 2. The van der Waals surface area contributed by atoms with Gasteiger partial charge in [-0.05, 0) is 44.5 Å². The van der Waals surface area contributed by atoms with Gasteiger partial charge in [-0.25, -0.2) is 8.78 Å². The molecule has 0 fully saturated rings. The Morgan fingerprint density at radius 1 is 1.08 bits per heavy atom. The second-order valence-electron chi connectivity index (χ2n) is 6.32. The van der Waals surface area contributed by atoms with Gasteiger partial charge in [0, 0.05) is 28.2 Å². The Kier molecular flexibility index (Phi) is 4.68. The minimum Gasteiger partial charge on any atom is -0.358 e. The van der Waals surface area contributed by atoms with Gasteiger partial charge >= 0.3 is 0 Å². The van der Waals surface area contributed by atoms with Gasteiger partial charge in [0.15, 0.2) is 17.4 Å². The lowest BCUT2D eigenvalue weighted by molar-refractivity contribution is 0.0946. The van der Waals surface area contributed by atoms with E-state index in [0.717, 1.165) is 28.7 Å². The van der Waals surface area contributed by atoms with E-state index in [1.54, 1.807) is 6.92 Å². The van der Waals surface area contributed by atoms with Crippen LogP contribution in [0.1, 0.15) is 41.5 Å². The molecule has 1 aromatic heterocycles. The van der Waals surface area contributed by atoms with E-state index in [1.807, 2.05) is 38.1 Å². The molecule has 1 heterocycles. The van der Waals surface area contributed by atoms with Crippen LogP contribution in [0, 0.1) is 18.6 Å². The van der Waals surface area contributed by atoms with Gasteiger partial charge in [0.2, 0.25) is 0 Å². The highest BCUT2D eigenvalue weighted by atomic mass is 19.2. The third kappa shape index (κ3) is 3.33. The molecule has 0 aliphatic carbocycles. The maximum absolute atomic E-state index is 13.4. The Morgan fingerprint density at radius 2 is 1.80 bits per heavy atom. The number of nitrogens with one attached hydrogen (secondary N) is 2. The summed E-state index contributed by atoms with van der Waals surface area (Å²) >= 11 is 0. The predicted octanol–water partition coefficient (Wildman–Crippen LogP) is 4.68. The summed E-state index contributed by atoms with van der Waals surface area (Å²) in [5, 5.41) is 4.06. The van der Waals surface area contributed by atoms with Crippen molar-refractivity contribution >= 4 is 16.7 Å². The van der Waals surface area contributed by atoms with Crippen molar-refractivity contribution in [2.45, 2.75) is 32.9 Å². The molecule has 0 saturated carbocycles. The highest BCUT2D eigenvalue weighted by molar-refractivity contribution is 6.11. The fraction of sp³-hybridized carbons (Fsp3) is 0.250. The Hall–Kier alpha value is -2.53. The molecule has 5 heteroatoms. The second kappa shape index (κ2) is 6.76. The molecule has 130 valence electrons. The molecule has 0 aliphatic rings. The fourth-order valence-electron chi connectivity index (χ4n) is 3.14. The first-order valence-electron chi connectivity index (χ1n) is 8.21. The topological polar surface area (TPSA) is 44.9 Å². The fourth-order valence-corrected chi connectivity index (χ4v) is 3.14. The molecular weight excluding hydrogens is 322 g/mol. The smallest absolute Gasteiger partial charge is 0.181 e. The second-order valence-corrected chi connectivity index (χ2v) is 6.32. The molecule has 0 radical (unpaired) electrons. The van der Waals surface area contributed by atoms with Crippen LogP contribution in [0.3, 0.4) is 0 Å². The molecule has 3 rings (SSSR count). The monoisotopic (exact) mass is 342 g/mol. The summed E-state index contributed by atoms with van der Waals surface area (Å²) in [6.45, 7) is 5.47. The van der Waals surface area contributed by atoms with Crippen LogP contribution in [0.5, 0.6) is 0 Å². The average molecular weight is 342 g/mol. The average Bonchev–Trinajstić information content (AvgIpc) is 2.92. The first-order chi connectivity index (χ1) is 11.9. The van der Waals surface area contributed by atoms with Crippen molar-refractivity contribution in [2.24, 2.45) is 0 Å². The summed E-state index contributed by atoms with van der Waals surface area (Å²) in [7, 11) is 0. The zero-order chi connectivity index (χ0) is 18.1. The number of aromatic amines is 1. The SMILES string of the molecule is Cc1[nH]c2ccccc2c1C(=O)C(C)NC(C)c1ccc(F)c(F)c1. The predicted molar refractivity (Wildman–Crippen MR) is 94.7 cm³/mol. The number of hydrogen-bond acceptors (Lipinski definition) is 2. The number of halogens is 2. The van der Waals surface area contributed by atoms with Crippen molar-refractivity contribution in [1.82, 2.24) is 10.3 Å². The molecule has 3 aromatic rings. The zero-order valence-electron chi connectivity index (χ0n) is 14.4. The van der Waals surface area contributed by atoms with Crippen molar-refractivity contribution in [1.29, 1.82) is 0 Å². The molecule has 25 heavy (non-hydrogen) atoms. The number of Topliss-reactive ketones (excluding diaryl/α,β-unsaturated/α-hetero) is 1. The Bertz CT molecular complexity index is 933. The van der Waals surface area contributed by atoms with Crippen molar-refractivity contribution in [3.63, 3.8) is 0 Å². The number of ketones is 1. The van der Waals surface area contributed by atoms with E-state index in [4.69, 9.17) is 0 Å². The number of para-hydroxylation sites is 1. The number of rotatable bonds is 5. The van der Waals surface area contributed by atoms with E-state index in [9.17, 15) is 13.6 Å². The van der Waals surface area contributed by atoms with Crippen LogP contribution in [-0.2, 0) is 0 Å². The minimum atomic E-state index is -0.891. The van der Waals surface area contributed by atoms with Crippen LogP contribution in [0.25, 0.3) is 10.9 Å². The van der Waals surface area contributed by atoms with Gasteiger partial charge in [-0.1, -0.05) is 24.3 Å². The summed E-state index contributed by atoms with van der Waals surface area (Å²) in [6.07, 6.45) is 0. The molecule has 3 nitrogen and oxygen atoms in total. The summed E-state index contributed by atoms with van der Waals surface area (Å²) < 4.78 is 26.5. The molecule has 0 bridgehead atoms. The molecule has 0 amide bonds. The van der Waals surface area contributed by atoms with Crippen LogP contribution in [0.4, 0.5) is 8.78 Å². The number of fused-ring (bicyclic) bond motifs is 1. The third-order valence-electron chi connectivity index (χ3n) is 4.48. The van der Waals surface area contributed by atoms with Gasteiger partial charge in [0.05, 0.1) is 6.04 Å². The maximum Gasteiger partial charge on any atom is 0.181 e. The van der Waals surface area contributed by atoms with Crippen molar-refractivity contribution in [2.75, 3.05) is 0 Å². The molecule has 0 spiro atoms. The summed E-state index contributed by atoms with van der Waals surface area (Å²) in [5.74, 6) is -1.81. The minimum absolute atomic E-state index is 0.0376. The van der Waals surface area contributed by atoms with Crippen LogP contribution in [0.2, 0.25) is 0 Å². The van der Waals surface area contributed by atoms with Crippen LogP contribution in [0.15, 0.2) is 42.5 Å². The number of aromatic nitrogens is 1. The summed E-state index contributed by atoms with van der Waals surface area (Å²) in [6, 6.07) is 10.7. The van der Waals surface area contributed by atoms with Gasteiger partial charge in [-0.2, -0.15) is 0 Å². The number of aryl methyl sites for hydroxylation is 1. The van der Waals surface area contributed by atoms with Gasteiger partial charge < -0.3 is 10.3 Å². The third-order valence-corrected chi connectivity index (χ3v) is 4.48. The number of carbonyl (C=O) groups is 1. The zero-order valence-corrected chi connectivity index (χ0v) is 14.4. The highest BCUT2D eigenvalue weighted by Crippen LogP contribution is 2.24. The first-order valence-corrected chi connectivity index (χ1v) is 8.21. The largest absolute Gasteiger partial charge is 0.358 e. The molecule has 0 aliphatic heterocycles. The summed E-state index contributed by atoms with van der Waals surface area (Å²) in [5.41, 5.74) is 2.99. The number of carbonyl (C=O) groups excluding carboxylic acids is 1. The molecule has 0 saturated heterocycles. The molecule has 2 unspecified atom stereocenters. The number of H-pyrrole nitrogens is 1. The quantitative estimate of drug-likeness (QED) is 0.662. The van der Waals surface area contributed by atoms with E-state index in [2.05, 4.69) is 10.3 Å². The molecule has 2 atom stereocenters. The van der Waals surface area contributed by atoms with E-state index in [0.29, 0.717) is 11.1 Å². The lowest BCUT2D eigenvalue weighted by atomic mass is 10.00. The van der Waals surface area contributed by atoms with Gasteiger partial charge in [-0.15, -0.1) is 0 Å². The normalized spacial score (nSPS) is 13.8. The molecule has 2 N–H and O–H groups in total. The van der Waals surface area contributed by atoms with E-state index < -0.39 is 17.7 Å². The standard InChI is InChI=1S/C20H20F2N2O/c1-11(14-8-9-16(21)17(22)10-14)23-13(3)20(25)19-12(2)24-18-7-5-4-6-15(18)19/h4-11,13,23-24H,1-3H3. The maximum atomic E-state index is 13.4. The van der Waals surface area contributed by atoms with Crippen LogP contribution < -0.4 is 5.32 Å². The lowest BCUT2D eigenvalue weighted by Gasteiger charge is -2.20. The lowest BCUT2D eigenvalue weighted by Crippen LogP contribution is -2.36. The van der Waals surface area contributed by atoms with Crippen molar-refractivity contribution in [3.05, 3.63) is 70.9 Å². The van der Waals surface area contributed by atoms with E-state index >= 15 is 0 Å². The molecule has 2 aromatic carbocycles. The van der Waals surface area contributed by atoms with E-state index in [-0.39, 0.29) is 11.8 Å². The Morgan fingerprint density at radius 3 is 2.52 bits per heavy atom. The number of hydrogen-bond donors (Lipinski definition) is 2. The van der Waals surface area contributed by atoms with Gasteiger partial charge in [-0.3, -0.25) is 4.79 Å². The van der Waals surface area contributed by atoms with Crippen molar-refractivity contribution in [3.8, 4) is 0 Å².